The number of rotatable bonds is 8. The molecule has 2 aromatic carbocycles. The van der Waals surface area contributed by atoms with E-state index in [9.17, 15) is 34.2 Å². The number of carboxylic acids is 1. The molecule has 5 rings (SSSR count). The van der Waals surface area contributed by atoms with Gasteiger partial charge in [0.15, 0.2) is 0 Å². The van der Waals surface area contributed by atoms with Gasteiger partial charge in [-0.1, -0.05) is 42.5 Å². The van der Waals surface area contributed by atoms with Gasteiger partial charge in [0.1, 0.15) is 35.9 Å². The van der Waals surface area contributed by atoms with Crippen LogP contribution in [0.5, 0.6) is 5.75 Å². The third-order valence-corrected chi connectivity index (χ3v) is 9.30. The van der Waals surface area contributed by atoms with Crippen LogP contribution >= 0.6 is 11.8 Å². The maximum atomic E-state index is 13.6. The average Bonchev–Trinajstić information content (AvgIpc) is 3.55. The standard InChI is InChI=1S/C29H32N4O8S.K/c1-29(2)22(27(38)39)33-25(37)21(26(33)42-29)31-24(36)20(17-10-12-18(34)13-11-17)30-23(35)19-9-6-14-32(19)28(40)41-15-16-7-4-3-5-8-16;/h3-5,7-8,10-13,19-22,26,34H,6,9,14-15H2,1-2H3,(H,30,35)(H,31,36)(H,38,39);/q;+1/p-1/t19-,20?,21-,22+,26-;/m1./s1. The van der Waals surface area contributed by atoms with E-state index in [1.807, 2.05) is 30.3 Å². The molecular weight excluding hydrogens is 604 g/mol. The van der Waals surface area contributed by atoms with Crippen molar-refractivity contribution in [2.24, 2.45) is 0 Å². The van der Waals surface area contributed by atoms with Crippen molar-refractivity contribution in [1.82, 2.24) is 20.4 Å². The molecule has 0 bridgehead atoms. The van der Waals surface area contributed by atoms with Crippen molar-refractivity contribution in [3.63, 3.8) is 0 Å². The van der Waals surface area contributed by atoms with Crippen molar-refractivity contribution in [3.8, 4) is 5.75 Å². The summed E-state index contributed by atoms with van der Waals surface area (Å²) in [4.78, 5) is 67.1. The Morgan fingerprint density at radius 1 is 1.12 bits per heavy atom. The number of ether oxygens (including phenoxy) is 1. The molecule has 3 fully saturated rings. The third-order valence-electron chi connectivity index (χ3n) is 7.73. The number of aliphatic carboxylic acids is 1. The Bertz CT molecular complexity index is 1390. The number of carbonyl (C=O) groups is 5. The number of nitrogens with zero attached hydrogens (tertiary/aromatic N) is 2. The number of thioether (sulfide) groups is 1. The van der Waals surface area contributed by atoms with Crippen molar-refractivity contribution in [3.05, 3.63) is 65.7 Å². The SMILES string of the molecule is CC1(C)S[C@@H]2[C@H](NC(=O)C(NC(=O)[C@H]3CCCN3C(=O)OCc3ccccc3)c3ccc(O)cc3)C(=O)N2[C@H]1C(=O)[O-].[K+]. The predicted octanol–water partition coefficient (Wildman–Crippen LogP) is -2.35. The van der Waals surface area contributed by atoms with Crippen molar-refractivity contribution in [2.75, 3.05) is 6.54 Å². The number of hydrogen-bond acceptors (Lipinski definition) is 9. The van der Waals surface area contributed by atoms with E-state index >= 15 is 0 Å². The van der Waals surface area contributed by atoms with Gasteiger partial charge in [-0.25, -0.2) is 4.79 Å². The fourth-order valence-electron chi connectivity index (χ4n) is 5.63. The van der Waals surface area contributed by atoms with Crippen LogP contribution in [0.4, 0.5) is 4.79 Å². The molecule has 0 aromatic heterocycles. The first-order chi connectivity index (χ1) is 20.0. The first-order valence-electron chi connectivity index (χ1n) is 13.6. The van der Waals surface area contributed by atoms with E-state index in [4.69, 9.17) is 4.74 Å². The molecule has 3 aliphatic rings. The number of nitrogens with one attached hydrogen (secondary N) is 2. The quantitative estimate of drug-likeness (QED) is 0.213. The third kappa shape index (κ3) is 6.89. The molecule has 3 heterocycles. The Morgan fingerprint density at radius 3 is 2.44 bits per heavy atom. The number of carbonyl (C=O) groups excluding carboxylic acids is 5. The maximum absolute atomic E-state index is 13.6. The molecule has 3 N–H and O–H groups in total. The predicted molar refractivity (Wildman–Crippen MR) is 148 cm³/mol. The van der Waals surface area contributed by atoms with Gasteiger partial charge in [0.25, 0.3) is 0 Å². The number of likely N-dealkylation sites (tertiary alicyclic amines) is 1. The second-order valence-corrected chi connectivity index (χ2v) is 12.8. The van der Waals surface area contributed by atoms with Crippen LogP contribution in [0.1, 0.15) is 43.9 Å². The van der Waals surface area contributed by atoms with Gasteiger partial charge in [-0.2, -0.15) is 0 Å². The van der Waals surface area contributed by atoms with Crippen LogP contribution < -0.4 is 67.1 Å². The van der Waals surface area contributed by atoms with Gasteiger partial charge in [0, 0.05) is 11.3 Å². The summed E-state index contributed by atoms with van der Waals surface area (Å²) in [5.74, 6) is -3.24. The zero-order chi connectivity index (χ0) is 30.2. The Hall–Kier alpha value is -2.62. The minimum atomic E-state index is -1.37. The summed E-state index contributed by atoms with van der Waals surface area (Å²) >= 11 is 1.25. The van der Waals surface area contributed by atoms with Crippen LogP contribution in [0.3, 0.4) is 0 Å². The molecule has 0 radical (unpaired) electrons. The van der Waals surface area contributed by atoms with Gasteiger partial charge in [0.2, 0.25) is 17.7 Å². The number of amides is 4. The van der Waals surface area contributed by atoms with Crippen molar-refractivity contribution < 1.29 is 90.3 Å². The second-order valence-electron chi connectivity index (χ2n) is 11.0. The van der Waals surface area contributed by atoms with Crippen LogP contribution in [0, 0.1) is 0 Å². The van der Waals surface area contributed by atoms with Gasteiger partial charge in [-0.3, -0.25) is 19.3 Å². The molecule has 1 unspecified atom stereocenters. The van der Waals surface area contributed by atoms with E-state index in [-0.39, 0.29) is 63.7 Å². The van der Waals surface area contributed by atoms with Gasteiger partial charge < -0.3 is 35.3 Å². The van der Waals surface area contributed by atoms with E-state index < -0.39 is 64.1 Å². The summed E-state index contributed by atoms with van der Waals surface area (Å²) in [5, 5.41) is 26.2. The van der Waals surface area contributed by atoms with Gasteiger partial charge >= 0.3 is 57.5 Å². The number of β-lactam (4-membered cyclic amide) rings is 1. The molecule has 0 spiro atoms. The first-order valence-corrected chi connectivity index (χ1v) is 14.4. The topological polar surface area (TPSA) is 168 Å². The Morgan fingerprint density at radius 2 is 1.79 bits per heavy atom. The molecule has 222 valence electrons. The fourth-order valence-corrected chi connectivity index (χ4v) is 7.25. The molecule has 2 aromatic rings. The van der Waals surface area contributed by atoms with Gasteiger partial charge in [-0.15, -0.1) is 11.8 Å². The molecular formula is C29H31KN4O8S. The number of phenolic OH excluding ortho intramolecular Hbond substituents is 1. The number of fused-ring (bicyclic) bond motifs is 1. The monoisotopic (exact) mass is 634 g/mol. The summed E-state index contributed by atoms with van der Waals surface area (Å²) in [6, 6.07) is 10.5. The molecule has 4 amide bonds. The second kappa shape index (κ2) is 13.6. The molecule has 14 heteroatoms. The fraction of sp³-hybridized carbons (Fsp3) is 0.414. The number of aromatic hydroxyl groups is 1. The first kappa shape index (κ1) is 33.3. The molecule has 12 nitrogen and oxygen atoms in total. The zero-order valence-corrected chi connectivity index (χ0v) is 28.0. The summed E-state index contributed by atoms with van der Waals surface area (Å²) in [5.41, 5.74) is 1.14. The maximum Gasteiger partial charge on any atom is 1.00 e. The number of phenols is 1. The Labute approximate surface area is 295 Å². The number of hydrogen-bond donors (Lipinski definition) is 3. The van der Waals surface area contributed by atoms with Crippen LogP contribution in [0.15, 0.2) is 54.6 Å². The van der Waals surface area contributed by atoms with Crippen LogP contribution in [-0.2, 0) is 30.5 Å². The molecule has 3 saturated heterocycles. The molecule has 43 heavy (non-hydrogen) atoms. The molecule has 0 aliphatic carbocycles. The summed E-state index contributed by atoms with van der Waals surface area (Å²) in [6.07, 6.45) is 0.283. The normalized spacial score (nSPS) is 24.2. The number of carboxylic acid groups (broad SMARTS) is 1. The smallest absolute Gasteiger partial charge is 0.548 e. The minimum Gasteiger partial charge on any atom is -0.548 e. The van der Waals surface area contributed by atoms with Gasteiger partial charge in [-0.05, 0) is 49.9 Å². The van der Waals surface area contributed by atoms with E-state index in [0.717, 1.165) is 5.56 Å². The largest absolute Gasteiger partial charge is 1.00 e. The molecule has 3 aliphatic heterocycles. The molecule has 0 saturated carbocycles. The zero-order valence-electron chi connectivity index (χ0n) is 24.0. The minimum absolute atomic E-state index is 0. The van der Waals surface area contributed by atoms with Gasteiger partial charge in [0.05, 0.1) is 12.0 Å². The van der Waals surface area contributed by atoms with Crippen LogP contribution in [0.2, 0.25) is 0 Å². The van der Waals surface area contributed by atoms with Crippen LogP contribution in [0.25, 0.3) is 0 Å². The number of benzene rings is 2. The van der Waals surface area contributed by atoms with E-state index in [2.05, 4.69) is 10.6 Å². The van der Waals surface area contributed by atoms with Crippen LogP contribution in [-0.4, -0.2) is 79.5 Å². The van der Waals surface area contributed by atoms with Crippen molar-refractivity contribution in [1.29, 1.82) is 0 Å². The van der Waals surface area contributed by atoms with E-state index in [1.165, 1.54) is 45.8 Å². The summed E-state index contributed by atoms with van der Waals surface area (Å²) in [6.45, 7) is 3.74. The Balaban J connectivity index is 0.00000423. The molecule has 5 atom stereocenters. The van der Waals surface area contributed by atoms with E-state index in [1.54, 1.807) is 13.8 Å². The van der Waals surface area contributed by atoms with E-state index in [0.29, 0.717) is 24.9 Å². The summed E-state index contributed by atoms with van der Waals surface area (Å²) in [7, 11) is 0. The average molecular weight is 635 g/mol. The van der Waals surface area contributed by atoms with Crippen molar-refractivity contribution in [2.45, 2.75) is 67.6 Å². The Kier molecular flexibility index (Phi) is 10.5. The van der Waals surface area contributed by atoms with Crippen molar-refractivity contribution >= 4 is 41.5 Å². The summed E-state index contributed by atoms with van der Waals surface area (Å²) < 4.78 is 4.59.